The van der Waals surface area contributed by atoms with Crippen LogP contribution in [0.25, 0.3) is 19.5 Å². The Morgan fingerprint density at radius 2 is 0.694 bits per heavy atom. The van der Waals surface area contributed by atoms with Gasteiger partial charge in [-0.2, -0.15) is 22.7 Å². The Bertz CT molecular complexity index is 3000. The van der Waals surface area contributed by atoms with Crippen LogP contribution < -0.4 is 9.55 Å². The third-order valence-electron chi connectivity index (χ3n) is 19.7. The van der Waals surface area contributed by atoms with Gasteiger partial charge in [-0.25, -0.2) is 0 Å². The van der Waals surface area contributed by atoms with Gasteiger partial charge >= 0.3 is 28.9 Å². The fourth-order valence-corrected chi connectivity index (χ4v) is 15.9. The molecule has 10 heterocycles. The van der Waals surface area contributed by atoms with Gasteiger partial charge in [0, 0.05) is 41.3 Å². The second-order valence-electron chi connectivity index (χ2n) is 31.2. The highest BCUT2D eigenvalue weighted by molar-refractivity contribution is 7.27. The van der Waals surface area contributed by atoms with Gasteiger partial charge < -0.3 is 46.5 Å². The number of hydrogen-bond acceptors (Lipinski definition) is 16. The van der Waals surface area contributed by atoms with Crippen molar-refractivity contribution in [2.24, 2.45) is 0 Å². The highest BCUT2D eigenvalue weighted by Crippen LogP contribution is 2.42. The third kappa shape index (κ3) is 27.5. The van der Waals surface area contributed by atoms with E-state index in [1.165, 1.54) is 175 Å². The van der Waals surface area contributed by atoms with Crippen LogP contribution in [0.15, 0.2) is 80.8 Å². The zero-order chi connectivity index (χ0) is 72.6. The first kappa shape index (κ1) is 86.7. The highest BCUT2D eigenvalue weighted by Gasteiger charge is 2.56. The van der Waals surface area contributed by atoms with Crippen molar-refractivity contribution in [1.29, 1.82) is 0 Å². The minimum absolute atomic E-state index is 0.120. The summed E-state index contributed by atoms with van der Waals surface area (Å²) >= 11 is 10.9. The zero-order valence-electron chi connectivity index (χ0n) is 65.2. The van der Waals surface area contributed by atoms with Gasteiger partial charge in [-0.3, -0.25) is 0 Å². The molecule has 0 spiro atoms. The maximum absolute atomic E-state index is 6.17. The molecule has 0 radical (unpaired) electrons. The van der Waals surface area contributed by atoms with Crippen molar-refractivity contribution in [2.45, 2.75) is 352 Å². The molecule has 0 atom stereocenters. The van der Waals surface area contributed by atoms with Gasteiger partial charge in [0.25, 0.3) is 0 Å². The van der Waals surface area contributed by atoms with Crippen molar-refractivity contribution in [2.75, 3.05) is 0 Å². The Hall–Kier alpha value is -1.94. The van der Waals surface area contributed by atoms with E-state index in [0.717, 1.165) is 4.78 Å². The van der Waals surface area contributed by atoms with E-state index in [9.17, 15) is 0 Å². The van der Waals surface area contributed by atoms with E-state index in [4.69, 9.17) is 46.5 Å². The first-order valence-corrected chi connectivity index (χ1v) is 42.4. The van der Waals surface area contributed by atoms with E-state index < -0.39 is 14.6 Å². The second-order valence-corrected chi connectivity index (χ2v) is 36.8. The molecule has 4 aliphatic rings. The van der Waals surface area contributed by atoms with Gasteiger partial charge in [0.15, 0.2) is 0 Å². The predicted octanol–water partition coefficient (Wildman–Crippen LogP) is 23.5. The molecule has 4 fully saturated rings. The van der Waals surface area contributed by atoms with Crippen LogP contribution in [0.5, 0.6) is 0 Å². The Morgan fingerprint density at radius 1 is 0.337 bits per heavy atom. The average molecular weight is 1460 g/mol. The predicted molar refractivity (Wildman–Crippen MR) is 431 cm³/mol. The summed E-state index contributed by atoms with van der Waals surface area (Å²) in [6.07, 6.45) is 26.6. The van der Waals surface area contributed by atoms with Gasteiger partial charge in [-0.05, 0) is 281 Å². The lowest BCUT2D eigenvalue weighted by atomic mass is 9.87. The topological polar surface area (TPSA) is 92.3 Å². The Kier molecular flexibility index (Phi) is 35.9. The van der Waals surface area contributed by atoms with E-state index in [-0.39, 0.29) is 71.3 Å². The number of thiophene rings is 6. The SMILES string of the molecule is CC(C)OB1OC(C)(C)C(C)(C)O1.CC(C)OB1OC(C)(C)C(C)(C)O1.CCCCCCc1ccsc1.CCCCCCc1csc(-c2ccc(B3OC(C)(C)C(C)(C)O3)s2)c1.CCCCCCc1csc(-c2cccs2)c1.CCCCCCc1csc(B2OC(C)(C)C(C)(C)O2)c1. The zero-order valence-corrected chi connectivity index (χ0v) is 70.1. The van der Waals surface area contributed by atoms with Gasteiger partial charge in [0.1, 0.15) is 0 Å². The number of unbranched alkanes of at least 4 members (excludes halogenated alkanes) is 12. The summed E-state index contributed by atoms with van der Waals surface area (Å²) in [5.74, 6) is 0. The molecule has 4 aliphatic heterocycles. The Labute approximate surface area is 622 Å². The van der Waals surface area contributed by atoms with Crippen LogP contribution in [0.4, 0.5) is 0 Å². The van der Waals surface area contributed by atoms with Crippen molar-refractivity contribution in [3.63, 3.8) is 0 Å². The van der Waals surface area contributed by atoms with Crippen LogP contribution in [0.1, 0.15) is 291 Å². The summed E-state index contributed by atoms with van der Waals surface area (Å²) in [4.78, 5) is 5.51. The lowest BCUT2D eigenvalue weighted by Crippen LogP contribution is -2.41. The molecule has 0 unspecified atom stereocenters. The molecule has 20 heteroatoms. The smallest absolute Gasteiger partial charge is 0.399 e. The summed E-state index contributed by atoms with van der Waals surface area (Å²) < 4.78 is 60.3. The Morgan fingerprint density at radius 3 is 1.05 bits per heavy atom. The molecular formula is C78H128B4O10S6. The van der Waals surface area contributed by atoms with Gasteiger partial charge in [0.05, 0.1) is 44.8 Å². The molecule has 10 nitrogen and oxygen atoms in total. The van der Waals surface area contributed by atoms with E-state index >= 15 is 0 Å². The first-order valence-electron chi connectivity index (χ1n) is 37.1. The fraction of sp³-hybridized carbons (Fsp3) is 0.692. The van der Waals surface area contributed by atoms with Crippen LogP contribution in [-0.4, -0.2) is 85.9 Å². The molecule has 0 aromatic carbocycles. The molecule has 548 valence electrons. The maximum Gasteiger partial charge on any atom is 0.640 e. The standard InChI is InChI=1S/C20H29BO2S2.C16H27BO2S.C14H18S2.C10H16S.2C9H19BO3/c1-6-7-8-9-10-15-13-17(24-14-15)16-11-12-18(25-16)21-22-19(2,3)20(4,5)23-21;1-6-7-8-9-10-13-11-14(20-12-13)17-18-15(2,3)16(4,5)19-17;1-2-3-4-5-7-12-10-14(16-11-12)13-8-6-9-15-13;1-2-3-4-5-6-10-7-8-11-9-10;2*1-7(2)11-10-12-8(3,4)9(5,6)13-10/h11-14H,6-10H2,1-5H3;11-12H,6-10H2,1-5H3;6,8-11H,2-5,7H2,1H3;7-9H,2-6H2,1H3;2*7H,1-6H3. The quantitative estimate of drug-likeness (QED) is 0.0349. The molecular weight excluding hydrogens is 1330 g/mol. The fourth-order valence-electron chi connectivity index (χ4n) is 10.5. The minimum Gasteiger partial charge on any atom is -0.399 e. The van der Waals surface area contributed by atoms with Gasteiger partial charge in [0.2, 0.25) is 0 Å². The molecule has 6 aromatic rings. The minimum atomic E-state index is -0.523. The lowest BCUT2D eigenvalue weighted by Gasteiger charge is -2.32. The number of aryl methyl sites for hydroxylation is 4. The lowest BCUT2D eigenvalue weighted by molar-refractivity contribution is 0.00578. The summed E-state index contributed by atoms with van der Waals surface area (Å²) in [6.45, 7) is 49.8. The van der Waals surface area contributed by atoms with Crippen molar-refractivity contribution in [3.05, 3.63) is 103 Å². The summed E-state index contributed by atoms with van der Waals surface area (Å²) in [5.41, 5.74) is 3.69. The van der Waals surface area contributed by atoms with Crippen molar-refractivity contribution < 1.29 is 46.5 Å². The monoisotopic (exact) mass is 1460 g/mol. The van der Waals surface area contributed by atoms with Gasteiger partial charge in [-0.1, -0.05) is 117 Å². The van der Waals surface area contributed by atoms with Crippen LogP contribution in [-0.2, 0) is 72.2 Å². The van der Waals surface area contributed by atoms with E-state index in [1.54, 1.807) is 34.0 Å². The number of hydrogen-bond donors (Lipinski definition) is 0. The second kappa shape index (κ2) is 40.5. The normalized spacial score (nSPS) is 18.7. The van der Waals surface area contributed by atoms with E-state index in [2.05, 4.69) is 164 Å². The molecule has 0 aliphatic carbocycles. The molecule has 0 N–H and O–H groups in total. The van der Waals surface area contributed by atoms with Crippen LogP contribution in [0.2, 0.25) is 0 Å². The Balaban J connectivity index is 0.000000217. The summed E-state index contributed by atoms with van der Waals surface area (Å²) in [6, 6.07) is 17.9. The molecule has 4 saturated heterocycles. The van der Waals surface area contributed by atoms with Crippen molar-refractivity contribution in [3.8, 4) is 19.5 Å². The van der Waals surface area contributed by atoms with Crippen molar-refractivity contribution in [1.82, 2.24) is 0 Å². The molecule has 0 bridgehead atoms. The largest absolute Gasteiger partial charge is 0.640 e. The summed E-state index contributed by atoms with van der Waals surface area (Å²) in [5, 5.41) is 13.5. The van der Waals surface area contributed by atoms with Gasteiger partial charge in [-0.15, -0.1) is 45.3 Å². The van der Waals surface area contributed by atoms with E-state index in [0.29, 0.717) is 0 Å². The van der Waals surface area contributed by atoms with E-state index in [1.807, 2.05) is 117 Å². The molecule has 0 amide bonds. The van der Waals surface area contributed by atoms with Crippen LogP contribution in [0, 0.1) is 0 Å². The van der Waals surface area contributed by atoms with Crippen LogP contribution >= 0.6 is 68.0 Å². The average Bonchev–Trinajstić information content (AvgIpc) is 1.64. The summed E-state index contributed by atoms with van der Waals surface area (Å²) in [7, 11) is -1.50. The highest BCUT2D eigenvalue weighted by atomic mass is 32.1. The molecule has 10 rings (SSSR count). The van der Waals surface area contributed by atoms with Crippen molar-refractivity contribution >= 4 is 106 Å². The molecule has 0 saturated carbocycles. The number of rotatable bonds is 28. The third-order valence-corrected chi connectivity index (χ3v) is 25.7. The maximum atomic E-state index is 6.17. The molecule has 98 heavy (non-hydrogen) atoms. The van der Waals surface area contributed by atoms with Crippen LogP contribution in [0.3, 0.4) is 0 Å². The first-order chi connectivity index (χ1) is 46.0. The molecule has 6 aromatic heterocycles.